The Morgan fingerprint density at radius 1 is 1.00 bits per heavy atom. The van der Waals surface area contributed by atoms with Crippen LogP contribution in [-0.2, 0) is 22.6 Å². The van der Waals surface area contributed by atoms with E-state index >= 15 is 0 Å². The van der Waals surface area contributed by atoms with Gasteiger partial charge in [0.05, 0.1) is 27.9 Å². The van der Waals surface area contributed by atoms with Crippen molar-refractivity contribution in [1.82, 2.24) is 0 Å². The average molecular weight is 456 g/mol. The SMILES string of the molecule is CCOC(=O)CCc1c(C)c2ccc(OCc3cc(OC)c(OC)c(OC)c3)cc2oc1=O. The van der Waals surface area contributed by atoms with Crippen LogP contribution in [-0.4, -0.2) is 33.9 Å². The highest BCUT2D eigenvalue weighted by Gasteiger charge is 2.16. The number of carbonyl (C=O) groups excluding carboxylic acids is 1. The number of benzene rings is 2. The van der Waals surface area contributed by atoms with Crippen molar-refractivity contribution in [2.75, 3.05) is 27.9 Å². The van der Waals surface area contributed by atoms with Crippen molar-refractivity contribution in [2.45, 2.75) is 33.3 Å². The number of rotatable bonds is 10. The summed E-state index contributed by atoms with van der Waals surface area (Å²) in [5.41, 5.74) is 2.02. The molecule has 8 heteroatoms. The van der Waals surface area contributed by atoms with Crippen molar-refractivity contribution < 1.29 is 32.9 Å². The first-order valence-electron chi connectivity index (χ1n) is 10.5. The van der Waals surface area contributed by atoms with E-state index in [1.165, 1.54) is 0 Å². The van der Waals surface area contributed by atoms with Gasteiger partial charge in [0.15, 0.2) is 11.5 Å². The minimum absolute atomic E-state index is 0.126. The number of esters is 1. The smallest absolute Gasteiger partial charge is 0.339 e. The van der Waals surface area contributed by atoms with Crippen LogP contribution in [0.25, 0.3) is 11.0 Å². The predicted molar refractivity (Wildman–Crippen MR) is 123 cm³/mol. The maximum Gasteiger partial charge on any atom is 0.339 e. The van der Waals surface area contributed by atoms with Gasteiger partial charge in [0.25, 0.3) is 0 Å². The monoisotopic (exact) mass is 456 g/mol. The molecule has 33 heavy (non-hydrogen) atoms. The quantitative estimate of drug-likeness (QED) is 0.331. The normalized spacial score (nSPS) is 10.7. The molecule has 0 aliphatic rings. The van der Waals surface area contributed by atoms with Crippen LogP contribution < -0.4 is 24.6 Å². The second kappa shape index (κ2) is 10.8. The largest absolute Gasteiger partial charge is 0.493 e. The number of carbonyl (C=O) groups is 1. The predicted octanol–water partition coefficient (Wildman–Crippen LogP) is 4.20. The van der Waals surface area contributed by atoms with Gasteiger partial charge in [-0.15, -0.1) is 0 Å². The Hall–Kier alpha value is -3.68. The zero-order valence-corrected chi connectivity index (χ0v) is 19.5. The van der Waals surface area contributed by atoms with E-state index in [0.29, 0.717) is 40.8 Å². The first-order valence-corrected chi connectivity index (χ1v) is 10.5. The van der Waals surface area contributed by atoms with Crippen LogP contribution >= 0.6 is 0 Å². The van der Waals surface area contributed by atoms with Crippen LogP contribution in [0.15, 0.2) is 39.5 Å². The molecule has 0 atom stereocenters. The molecule has 0 unspecified atom stereocenters. The summed E-state index contributed by atoms with van der Waals surface area (Å²) in [7, 11) is 4.65. The van der Waals surface area contributed by atoms with Crippen molar-refractivity contribution in [2.24, 2.45) is 0 Å². The second-order valence-electron chi connectivity index (χ2n) is 7.28. The van der Waals surface area contributed by atoms with Gasteiger partial charge < -0.3 is 28.1 Å². The van der Waals surface area contributed by atoms with Gasteiger partial charge in [-0.05, 0) is 55.7 Å². The van der Waals surface area contributed by atoms with Gasteiger partial charge in [-0.1, -0.05) is 0 Å². The van der Waals surface area contributed by atoms with Crippen molar-refractivity contribution in [3.63, 3.8) is 0 Å². The Morgan fingerprint density at radius 3 is 2.30 bits per heavy atom. The van der Waals surface area contributed by atoms with Gasteiger partial charge in [0.2, 0.25) is 5.75 Å². The zero-order chi connectivity index (χ0) is 24.0. The third kappa shape index (κ3) is 5.39. The van der Waals surface area contributed by atoms with Gasteiger partial charge in [0, 0.05) is 23.4 Å². The fourth-order valence-corrected chi connectivity index (χ4v) is 3.60. The third-order valence-corrected chi connectivity index (χ3v) is 5.27. The standard InChI is InChI=1S/C25H28O8/c1-6-31-23(26)10-9-19-15(2)18-8-7-17(13-20(18)33-25(19)27)32-14-16-11-21(28-3)24(30-5)22(12-16)29-4/h7-8,11-13H,6,9-10,14H2,1-5H3. The van der Waals surface area contributed by atoms with Crippen LogP contribution in [0.3, 0.4) is 0 Å². The highest BCUT2D eigenvalue weighted by atomic mass is 16.5. The van der Waals surface area contributed by atoms with Gasteiger partial charge >= 0.3 is 11.6 Å². The Bertz CT molecular complexity index is 1170. The van der Waals surface area contributed by atoms with Gasteiger partial charge in [-0.25, -0.2) is 4.79 Å². The number of aryl methyl sites for hydroxylation is 1. The molecule has 3 rings (SSSR count). The Morgan fingerprint density at radius 2 is 1.70 bits per heavy atom. The lowest BCUT2D eigenvalue weighted by Crippen LogP contribution is -2.13. The molecule has 0 amide bonds. The maximum atomic E-state index is 12.5. The summed E-state index contributed by atoms with van der Waals surface area (Å²) in [6.07, 6.45) is 0.392. The van der Waals surface area contributed by atoms with E-state index in [9.17, 15) is 9.59 Å². The lowest BCUT2D eigenvalue weighted by atomic mass is 10.0. The van der Waals surface area contributed by atoms with Crippen molar-refractivity contribution in [3.8, 4) is 23.0 Å². The molecule has 0 spiro atoms. The van der Waals surface area contributed by atoms with Gasteiger partial charge in [0.1, 0.15) is 17.9 Å². The van der Waals surface area contributed by atoms with Crippen LogP contribution in [0.1, 0.15) is 30.0 Å². The molecule has 2 aromatic carbocycles. The van der Waals surface area contributed by atoms with Crippen LogP contribution in [0.2, 0.25) is 0 Å². The second-order valence-corrected chi connectivity index (χ2v) is 7.28. The Kier molecular flexibility index (Phi) is 7.82. The van der Waals surface area contributed by atoms with Crippen LogP contribution in [0.4, 0.5) is 0 Å². The molecule has 176 valence electrons. The first kappa shape index (κ1) is 24.0. The Labute approximate surface area is 192 Å². The summed E-state index contributed by atoms with van der Waals surface area (Å²) < 4.78 is 32.5. The number of methoxy groups -OCH3 is 3. The summed E-state index contributed by atoms with van der Waals surface area (Å²) >= 11 is 0. The molecule has 0 aliphatic carbocycles. The van der Waals surface area contributed by atoms with E-state index in [0.717, 1.165) is 16.5 Å². The average Bonchev–Trinajstić information content (AvgIpc) is 2.81. The van der Waals surface area contributed by atoms with Crippen LogP contribution in [0, 0.1) is 6.92 Å². The lowest BCUT2D eigenvalue weighted by Gasteiger charge is -2.15. The van der Waals surface area contributed by atoms with Crippen molar-refractivity contribution in [1.29, 1.82) is 0 Å². The topological polar surface area (TPSA) is 93.4 Å². The molecule has 3 aromatic rings. The molecule has 0 saturated carbocycles. The third-order valence-electron chi connectivity index (χ3n) is 5.27. The first-order chi connectivity index (χ1) is 15.9. The van der Waals surface area contributed by atoms with E-state index in [1.54, 1.807) is 34.3 Å². The minimum Gasteiger partial charge on any atom is -0.493 e. The van der Waals surface area contributed by atoms with E-state index < -0.39 is 5.63 Å². The number of ether oxygens (including phenoxy) is 5. The highest BCUT2D eigenvalue weighted by molar-refractivity contribution is 5.82. The molecule has 0 radical (unpaired) electrons. The maximum absolute atomic E-state index is 12.5. The molecule has 1 aromatic heterocycles. The van der Waals surface area contributed by atoms with E-state index in [-0.39, 0.29) is 25.4 Å². The number of fused-ring (bicyclic) bond motifs is 1. The molecule has 0 fully saturated rings. The summed E-state index contributed by atoms with van der Waals surface area (Å²) in [6.45, 7) is 4.14. The highest BCUT2D eigenvalue weighted by Crippen LogP contribution is 2.38. The summed E-state index contributed by atoms with van der Waals surface area (Å²) in [5.74, 6) is 1.77. The lowest BCUT2D eigenvalue weighted by molar-refractivity contribution is -0.143. The van der Waals surface area contributed by atoms with E-state index in [4.69, 9.17) is 28.1 Å². The molecule has 0 aliphatic heterocycles. The van der Waals surface area contributed by atoms with Crippen molar-refractivity contribution in [3.05, 3.63) is 57.4 Å². The minimum atomic E-state index is -0.467. The summed E-state index contributed by atoms with van der Waals surface area (Å²) in [6, 6.07) is 8.94. The molecule has 0 N–H and O–H groups in total. The summed E-state index contributed by atoms with van der Waals surface area (Å²) in [4.78, 5) is 24.2. The number of hydrogen-bond acceptors (Lipinski definition) is 8. The van der Waals surface area contributed by atoms with Crippen LogP contribution in [0.5, 0.6) is 23.0 Å². The number of hydrogen-bond donors (Lipinski definition) is 0. The van der Waals surface area contributed by atoms with E-state index in [2.05, 4.69) is 0 Å². The fourth-order valence-electron chi connectivity index (χ4n) is 3.60. The Balaban J connectivity index is 1.81. The fraction of sp³-hybridized carbons (Fsp3) is 0.360. The molecule has 0 bridgehead atoms. The van der Waals surface area contributed by atoms with Gasteiger partial charge in [-0.3, -0.25) is 4.79 Å². The molecule has 0 saturated heterocycles. The van der Waals surface area contributed by atoms with Gasteiger partial charge in [-0.2, -0.15) is 0 Å². The molecular formula is C25H28O8. The summed E-state index contributed by atoms with van der Waals surface area (Å²) in [5, 5.41) is 0.786. The van der Waals surface area contributed by atoms with E-state index in [1.807, 2.05) is 31.2 Å². The zero-order valence-electron chi connectivity index (χ0n) is 19.5. The molecular weight excluding hydrogens is 428 g/mol. The molecule has 1 heterocycles. The molecule has 8 nitrogen and oxygen atoms in total. The van der Waals surface area contributed by atoms with Crippen molar-refractivity contribution >= 4 is 16.9 Å².